The molecule has 3 heteroatoms. The van der Waals surface area contributed by atoms with Gasteiger partial charge >= 0.3 is 0 Å². The second-order valence-corrected chi connectivity index (χ2v) is 11.8. The molecule has 0 aromatic heterocycles. The van der Waals surface area contributed by atoms with Gasteiger partial charge in [-0.15, -0.1) is 0 Å². The maximum absolute atomic E-state index is 5.60. The summed E-state index contributed by atoms with van der Waals surface area (Å²) in [6, 6.07) is 33.8. The minimum absolute atomic E-state index is 0. The van der Waals surface area contributed by atoms with E-state index in [1.165, 1.54) is 73.4 Å². The predicted octanol–water partition coefficient (Wildman–Crippen LogP) is 3.06. The highest BCUT2D eigenvalue weighted by atomic mass is 79.9. The van der Waals surface area contributed by atoms with Crippen LogP contribution in [0.25, 0.3) is 0 Å². The van der Waals surface area contributed by atoms with Gasteiger partial charge < -0.3 is 22.7 Å². The smallest absolute Gasteiger partial charge is 0.112 e. The fourth-order valence-corrected chi connectivity index (χ4v) is 8.85. The van der Waals surface area contributed by atoms with Gasteiger partial charge in [-0.2, -0.15) is 0 Å². The zero-order valence-electron chi connectivity index (χ0n) is 18.6. The zero-order valence-corrected chi connectivity index (χ0v) is 21.1. The molecule has 0 aliphatic heterocycles. The van der Waals surface area contributed by atoms with Gasteiger partial charge in [-0.25, -0.2) is 0 Å². The Morgan fingerprint density at radius 1 is 0.452 bits per heavy atom. The normalized spacial score (nSPS) is 11.1. The lowest BCUT2D eigenvalue weighted by atomic mass is 10.1. The van der Waals surface area contributed by atoms with Gasteiger partial charge in [0.1, 0.15) is 23.2 Å². The maximum Gasteiger partial charge on any atom is 0.112 e. The van der Waals surface area contributed by atoms with Crippen molar-refractivity contribution in [1.82, 2.24) is 0 Å². The average Bonchev–Trinajstić information content (AvgIpc) is 2.82. The number of benzene rings is 3. The molecule has 2 N–H and O–H groups in total. The van der Waals surface area contributed by atoms with Crippen LogP contribution in [0.15, 0.2) is 91.0 Å². The lowest BCUT2D eigenvalue weighted by Gasteiger charge is -2.27. The van der Waals surface area contributed by atoms with Gasteiger partial charge in [-0.3, -0.25) is 0 Å². The molecule has 0 bridgehead atoms. The van der Waals surface area contributed by atoms with Crippen LogP contribution in [-0.2, 0) is 0 Å². The van der Waals surface area contributed by atoms with Gasteiger partial charge in [0.2, 0.25) is 0 Å². The first-order valence-corrected chi connectivity index (χ1v) is 13.6. The third kappa shape index (κ3) is 7.28. The van der Waals surface area contributed by atoms with Gasteiger partial charge in [0.15, 0.2) is 0 Å². The summed E-state index contributed by atoms with van der Waals surface area (Å²) in [5.41, 5.74) is 5.60. The topological polar surface area (TPSA) is 26.0 Å². The Morgan fingerprint density at radius 2 is 0.774 bits per heavy atom. The molecule has 0 amide bonds. The molecule has 3 aromatic rings. The summed E-state index contributed by atoms with van der Waals surface area (Å²) in [6.07, 6.45) is 11.7. The van der Waals surface area contributed by atoms with Crippen LogP contribution in [0.4, 0.5) is 0 Å². The third-order valence-corrected chi connectivity index (χ3v) is 10.6. The fraction of sp³-hybridized carbons (Fsp3) is 0.357. The van der Waals surface area contributed by atoms with Crippen molar-refractivity contribution in [3.63, 3.8) is 0 Å². The van der Waals surface area contributed by atoms with E-state index in [0.717, 1.165) is 6.54 Å². The molecule has 0 saturated carbocycles. The monoisotopic (exact) mass is 497 g/mol. The highest BCUT2D eigenvalue weighted by molar-refractivity contribution is 7.95. The molecule has 0 fully saturated rings. The molecule has 0 aliphatic carbocycles. The number of halogens is 1. The third-order valence-electron chi connectivity index (χ3n) is 6.04. The van der Waals surface area contributed by atoms with Crippen LogP contribution in [0.5, 0.6) is 0 Å². The highest BCUT2D eigenvalue weighted by Crippen LogP contribution is 2.55. The first kappa shape index (κ1) is 25.8. The van der Waals surface area contributed by atoms with Crippen LogP contribution in [0.1, 0.15) is 51.4 Å². The second-order valence-electron chi connectivity index (χ2n) is 8.16. The molecule has 31 heavy (non-hydrogen) atoms. The molecular weight excluding hydrogens is 461 g/mol. The van der Waals surface area contributed by atoms with Crippen molar-refractivity contribution in [3.8, 4) is 0 Å². The van der Waals surface area contributed by atoms with Crippen molar-refractivity contribution in [2.45, 2.75) is 51.4 Å². The number of nitrogens with two attached hydrogens (primary N) is 1. The summed E-state index contributed by atoms with van der Waals surface area (Å²) < 4.78 is 0. The Labute approximate surface area is 200 Å². The van der Waals surface area contributed by atoms with Crippen LogP contribution in [0.3, 0.4) is 0 Å². The fourth-order valence-electron chi connectivity index (χ4n) is 4.44. The van der Waals surface area contributed by atoms with Gasteiger partial charge in [0.25, 0.3) is 0 Å². The van der Waals surface area contributed by atoms with Crippen LogP contribution in [0, 0.1) is 0 Å². The molecule has 0 aliphatic rings. The number of hydrogen-bond acceptors (Lipinski definition) is 1. The van der Waals surface area contributed by atoms with Crippen molar-refractivity contribution in [2.24, 2.45) is 5.73 Å². The molecule has 166 valence electrons. The maximum atomic E-state index is 5.60. The Morgan fingerprint density at radius 3 is 1.13 bits per heavy atom. The summed E-state index contributed by atoms with van der Waals surface area (Å²) in [5, 5.41) is 4.51. The summed E-state index contributed by atoms with van der Waals surface area (Å²) in [6.45, 7) is 0.838. The largest absolute Gasteiger partial charge is 1.00 e. The molecule has 0 saturated heterocycles. The highest BCUT2D eigenvalue weighted by Gasteiger charge is 2.44. The van der Waals surface area contributed by atoms with E-state index in [4.69, 9.17) is 5.73 Å². The second kappa shape index (κ2) is 14.6. The van der Waals surface area contributed by atoms with Gasteiger partial charge in [0, 0.05) is 0 Å². The van der Waals surface area contributed by atoms with E-state index < -0.39 is 7.26 Å². The number of unbranched alkanes of at least 4 members (excludes halogenated alkanes) is 7. The molecule has 3 rings (SSSR count). The van der Waals surface area contributed by atoms with E-state index >= 15 is 0 Å². The van der Waals surface area contributed by atoms with E-state index in [1.807, 2.05) is 0 Å². The Hall–Kier alpha value is -1.47. The first-order chi connectivity index (χ1) is 14.9. The van der Waals surface area contributed by atoms with Crippen LogP contribution in [-0.4, -0.2) is 12.7 Å². The van der Waals surface area contributed by atoms with Crippen molar-refractivity contribution < 1.29 is 17.0 Å². The molecule has 0 radical (unpaired) electrons. The summed E-state index contributed by atoms with van der Waals surface area (Å²) in [5.74, 6) is 0. The minimum Gasteiger partial charge on any atom is -1.00 e. The Balaban J connectivity index is 0.00000341. The molecule has 0 unspecified atom stereocenters. The van der Waals surface area contributed by atoms with E-state index in [-0.39, 0.29) is 17.0 Å². The molecular formula is C28H37BrNP. The van der Waals surface area contributed by atoms with Gasteiger partial charge in [0.05, 0.1) is 6.16 Å². The lowest BCUT2D eigenvalue weighted by molar-refractivity contribution is -0.00000611. The van der Waals surface area contributed by atoms with Crippen molar-refractivity contribution >= 4 is 23.2 Å². The van der Waals surface area contributed by atoms with E-state index in [1.54, 1.807) is 0 Å². The van der Waals surface area contributed by atoms with Crippen molar-refractivity contribution in [1.29, 1.82) is 0 Å². The zero-order chi connectivity index (χ0) is 20.9. The van der Waals surface area contributed by atoms with Gasteiger partial charge in [-0.05, 0) is 62.2 Å². The SMILES string of the molecule is NCCCCCCCCCC[P+](c1ccccc1)(c1ccccc1)c1ccccc1.[Br-]. The Kier molecular flexibility index (Phi) is 12.1. The molecule has 1 nitrogen and oxygen atoms in total. The number of hydrogen-bond donors (Lipinski definition) is 1. The average molecular weight is 498 g/mol. The Bertz CT molecular complexity index is 727. The lowest BCUT2D eigenvalue weighted by Crippen LogP contribution is -3.00. The molecule has 0 atom stereocenters. The van der Waals surface area contributed by atoms with E-state index in [2.05, 4.69) is 91.0 Å². The first-order valence-electron chi connectivity index (χ1n) is 11.6. The van der Waals surface area contributed by atoms with E-state index in [9.17, 15) is 0 Å². The van der Waals surface area contributed by atoms with Crippen LogP contribution in [0.2, 0.25) is 0 Å². The quantitative estimate of drug-likeness (QED) is 0.285. The molecule has 3 aromatic carbocycles. The van der Waals surface area contributed by atoms with Gasteiger partial charge in [-0.1, -0.05) is 86.7 Å². The molecule has 0 heterocycles. The molecule has 0 spiro atoms. The number of rotatable bonds is 13. The standard InChI is InChI=1S/C28H37NP.BrH/c29-24-16-5-3-1-2-4-6-17-25-30(26-18-10-7-11-19-26,27-20-12-8-13-21-27)28-22-14-9-15-23-28;/h7-15,18-23H,1-6,16-17,24-25,29H2;1H/q+1;/p-1. The van der Waals surface area contributed by atoms with Crippen molar-refractivity contribution in [2.75, 3.05) is 12.7 Å². The summed E-state index contributed by atoms with van der Waals surface area (Å²) in [7, 11) is -1.64. The summed E-state index contributed by atoms with van der Waals surface area (Å²) >= 11 is 0. The van der Waals surface area contributed by atoms with Crippen molar-refractivity contribution in [3.05, 3.63) is 91.0 Å². The minimum atomic E-state index is -1.64. The van der Waals surface area contributed by atoms with E-state index in [0.29, 0.717) is 0 Å². The predicted molar refractivity (Wildman–Crippen MR) is 136 cm³/mol. The summed E-state index contributed by atoms with van der Waals surface area (Å²) in [4.78, 5) is 0. The van der Waals surface area contributed by atoms with Crippen LogP contribution < -0.4 is 38.6 Å². The van der Waals surface area contributed by atoms with Crippen LogP contribution >= 0.6 is 7.26 Å².